The molecule has 0 atom stereocenters. The average Bonchev–Trinajstić information content (AvgIpc) is 3.43. The van der Waals surface area contributed by atoms with Gasteiger partial charge < -0.3 is 14.7 Å². The first kappa shape index (κ1) is 17.0. The van der Waals surface area contributed by atoms with Gasteiger partial charge in [-0.3, -0.25) is 0 Å². The van der Waals surface area contributed by atoms with Gasteiger partial charge >= 0.3 is 0 Å². The lowest BCUT2D eigenvalue weighted by molar-refractivity contribution is 0.497. The molecule has 28 heavy (non-hydrogen) atoms. The van der Waals surface area contributed by atoms with Gasteiger partial charge in [-0.05, 0) is 35.7 Å². The molecule has 4 heterocycles. The number of benzene rings is 1. The number of hydrogen-bond acceptors (Lipinski definition) is 7. The number of sulfone groups is 1. The summed E-state index contributed by atoms with van der Waals surface area (Å²) >= 11 is 1.14. The third-order valence-corrected chi connectivity index (χ3v) is 7.68. The van der Waals surface area contributed by atoms with E-state index in [2.05, 4.69) is 9.97 Å². The van der Waals surface area contributed by atoms with Crippen molar-refractivity contribution in [3.05, 3.63) is 65.9 Å². The lowest BCUT2D eigenvalue weighted by atomic mass is 10.3. The van der Waals surface area contributed by atoms with Crippen molar-refractivity contribution < 1.29 is 12.8 Å². The summed E-state index contributed by atoms with van der Waals surface area (Å²) in [5, 5.41) is 1.71. The molecular formula is C19H14N4O3S2. The smallest absolute Gasteiger partial charge is 0.221 e. The second-order valence-electron chi connectivity index (χ2n) is 6.20. The number of para-hydroxylation sites is 2. The van der Waals surface area contributed by atoms with Gasteiger partial charge in [0.15, 0.2) is 5.65 Å². The molecule has 7 nitrogen and oxygen atoms in total. The first-order chi connectivity index (χ1) is 13.6. The first-order valence-electron chi connectivity index (χ1n) is 8.41. The zero-order valence-electron chi connectivity index (χ0n) is 14.4. The van der Waals surface area contributed by atoms with Crippen LogP contribution in [0, 0.1) is 0 Å². The molecule has 0 fully saturated rings. The summed E-state index contributed by atoms with van der Waals surface area (Å²) in [6.07, 6.45) is 1.56. The SMILES string of the molecule is Nc1c(S(=O)(=O)c2cccs2)c2nc3ccccc3nc2n1Cc1ccco1. The number of nitrogens with two attached hydrogens (primary N) is 1. The third kappa shape index (κ3) is 2.51. The molecule has 0 amide bonds. The van der Waals surface area contributed by atoms with Gasteiger partial charge in [-0.1, -0.05) is 18.2 Å². The monoisotopic (exact) mass is 410 g/mol. The van der Waals surface area contributed by atoms with E-state index < -0.39 is 9.84 Å². The molecule has 0 aliphatic carbocycles. The van der Waals surface area contributed by atoms with Crippen molar-refractivity contribution in [2.24, 2.45) is 0 Å². The topological polar surface area (TPSA) is 104 Å². The van der Waals surface area contributed by atoms with Crippen molar-refractivity contribution >= 4 is 49.2 Å². The van der Waals surface area contributed by atoms with Gasteiger partial charge in [0.1, 0.15) is 26.2 Å². The van der Waals surface area contributed by atoms with Crippen molar-refractivity contribution in [3.8, 4) is 0 Å². The molecule has 4 aromatic heterocycles. The van der Waals surface area contributed by atoms with E-state index in [0.717, 1.165) is 11.3 Å². The Balaban J connectivity index is 1.86. The summed E-state index contributed by atoms with van der Waals surface area (Å²) in [4.78, 5) is 9.23. The molecule has 5 aromatic rings. The Kier molecular flexibility index (Phi) is 3.74. The molecular weight excluding hydrogens is 396 g/mol. The highest BCUT2D eigenvalue weighted by Crippen LogP contribution is 2.36. The Morgan fingerprint density at radius 3 is 2.50 bits per heavy atom. The van der Waals surface area contributed by atoms with Crippen molar-refractivity contribution in [2.45, 2.75) is 15.6 Å². The van der Waals surface area contributed by atoms with Crippen molar-refractivity contribution in [2.75, 3.05) is 5.73 Å². The van der Waals surface area contributed by atoms with E-state index in [-0.39, 0.29) is 27.0 Å². The zero-order valence-corrected chi connectivity index (χ0v) is 16.1. The zero-order chi connectivity index (χ0) is 19.3. The minimum Gasteiger partial charge on any atom is -0.467 e. The van der Waals surface area contributed by atoms with Crippen LogP contribution in [0.1, 0.15) is 5.76 Å². The normalized spacial score (nSPS) is 12.1. The lowest BCUT2D eigenvalue weighted by Gasteiger charge is -2.06. The van der Waals surface area contributed by atoms with Crippen molar-refractivity contribution in [3.63, 3.8) is 0 Å². The molecule has 9 heteroatoms. The van der Waals surface area contributed by atoms with E-state index in [9.17, 15) is 8.42 Å². The first-order valence-corrected chi connectivity index (χ1v) is 10.8. The molecule has 0 bridgehead atoms. The number of anilines is 1. The highest BCUT2D eigenvalue weighted by molar-refractivity contribution is 7.93. The molecule has 0 aliphatic heterocycles. The molecule has 0 unspecified atom stereocenters. The van der Waals surface area contributed by atoms with Gasteiger partial charge in [0, 0.05) is 0 Å². The summed E-state index contributed by atoms with van der Waals surface area (Å²) in [6, 6.07) is 14.1. The van der Waals surface area contributed by atoms with Gasteiger partial charge in [0.2, 0.25) is 9.84 Å². The Hall–Kier alpha value is -3.17. The molecule has 2 N–H and O–H groups in total. The number of nitrogen functional groups attached to an aromatic ring is 1. The van der Waals surface area contributed by atoms with Gasteiger partial charge in [-0.15, -0.1) is 11.3 Å². The number of hydrogen-bond donors (Lipinski definition) is 1. The Morgan fingerprint density at radius 2 is 1.82 bits per heavy atom. The standard InChI is InChI=1S/C19H14N4O3S2/c20-18-17(28(24,25)15-8-4-10-27-15)16-19(23(18)11-12-5-3-9-26-12)22-14-7-2-1-6-13(14)21-16/h1-10H,11,20H2. The second-order valence-corrected chi connectivity index (χ2v) is 9.26. The van der Waals surface area contributed by atoms with Crippen LogP contribution in [0.3, 0.4) is 0 Å². The van der Waals surface area contributed by atoms with Gasteiger partial charge in [-0.25, -0.2) is 18.4 Å². The van der Waals surface area contributed by atoms with Gasteiger partial charge in [0.25, 0.3) is 0 Å². The molecule has 5 rings (SSSR count). The maximum absolute atomic E-state index is 13.3. The van der Waals surface area contributed by atoms with Crippen LogP contribution >= 0.6 is 11.3 Å². The van der Waals surface area contributed by atoms with Crippen molar-refractivity contribution in [1.82, 2.24) is 14.5 Å². The summed E-state index contributed by atoms with van der Waals surface area (Å²) in [5.41, 5.74) is 8.28. The number of furan rings is 1. The van der Waals surface area contributed by atoms with Crippen LogP contribution < -0.4 is 5.73 Å². The molecule has 0 saturated carbocycles. The summed E-state index contributed by atoms with van der Waals surface area (Å²) in [7, 11) is -3.84. The minimum atomic E-state index is -3.84. The Morgan fingerprint density at radius 1 is 1.04 bits per heavy atom. The Bertz CT molecular complexity index is 1400. The molecule has 0 radical (unpaired) electrons. The van der Waals surface area contributed by atoms with E-state index in [1.54, 1.807) is 46.5 Å². The number of thiophene rings is 1. The number of aromatic nitrogens is 3. The Labute approximate surface area is 164 Å². The molecule has 0 aliphatic rings. The number of rotatable bonds is 4. The average molecular weight is 410 g/mol. The maximum atomic E-state index is 13.3. The fourth-order valence-corrected chi connectivity index (χ4v) is 5.80. The van der Waals surface area contributed by atoms with E-state index in [1.807, 2.05) is 18.2 Å². The predicted octanol–water partition coefficient (Wildman–Crippen LogP) is 3.70. The van der Waals surface area contributed by atoms with Crippen LogP contribution in [-0.4, -0.2) is 23.0 Å². The fourth-order valence-electron chi connectivity index (χ4n) is 3.19. The molecule has 0 saturated heterocycles. The highest BCUT2D eigenvalue weighted by Gasteiger charge is 2.31. The van der Waals surface area contributed by atoms with Gasteiger partial charge in [-0.2, -0.15) is 0 Å². The van der Waals surface area contributed by atoms with Crippen LogP contribution in [0.2, 0.25) is 0 Å². The van der Waals surface area contributed by atoms with Crippen LogP contribution in [-0.2, 0) is 16.4 Å². The number of fused-ring (bicyclic) bond motifs is 2. The number of nitrogens with zero attached hydrogens (tertiary/aromatic N) is 3. The lowest BCUT2D eigenvalue weighted by Crippen LogP contribution is -2.08. The predicted molar refractivity (Wildman–Crippen MR) is 107 cm³/mol. The van der Waals surface area contributed by atoms with Crippen LogP contribution in [0.25, 0.3) is 22.2 Å². The molecule has 1 aromatic carbocycles. The minimum absolute atomic E-state index is 0.0187. The van der Waals surface area contributed by atoms with E-state index in [4.69, 9.17) is 10.2 Å². The fraction of sp³-hybridized carbons (Fsp3) is 0.0526. The van der Waals surface area contributed by atoms with E-state index >= 15 is 0 Å². The molecule has 0 spiro atoms. The largest absolute Gasteiger partial charge is 0.467 e. The summed E-state index contributed by atoms with van der Waals surface area (Å²) in [6.45, 7) is 0.252. The van der Waals surface area contributed by atoms with E-state index in [1.165, 1.54) is 0 Å². The summed E-state index contributed by atoms with van der Waals surface area (Å²) < 4.78 is 33.9. The second kappa shape index (κ2) is 6.18. The van der Waals surface area contributed by atoms with Crippen LogP contribution in [0.5, 0.6) is 0 Å². The maximum Gasteiger partial charge on any atom is 0.221 e. The van der Waals surface area contributed by atoms with Gasteiger partial charge in [0.05, 0.1) is 23.8 Å². The molecule has 140 valence electrons. The van der Waals surface area contributed by atoms with E-state index in [0.29, 0.717) is 22.4 Å². The van der Waals surface area contributed by atoms with Crippen LogP contribution in [0.15, 0.2) is 73.7 Å². The van der Waals surface area contributed by atoms with Crippen LogP contribution in [0.4, 0.5) is 5.82 Å². The summed E-state index contributed by atoms with van der Waals surface area (Å²) in [5.74, 6) is 0.730. The quantitative estimate of drug-likeness (QED) is 0.484. The highest BCUT2D eigenvalue weighted by atomic mass is 32.2. The third-order valence-electron chi connectivity index (χ3n) is 4.47. The van der Waals surface area contributed by atoms with Crippen molar-refractivity contribution in [1.29, 1.82) is 0 Å².